The molecule has 0 saturated carbocycles. The van der Waals surface area contributed by atoms with Crippen LogP contribution in [0.2, 0.25) is 0 Å². The first-order valence-electron chi connectivity index (χ1n) is 2.36. The molecular weight excluding hydrogens is 170 g/mol. The molecule has 0 fully saturated rings. The van der Waals surface area contributed by atoms with Crippen molar-refractivity contribution >= 4 is 15.9 Å². The van der Waals surface area contributed by atoms with E-state index in [1.54, 1.807) is 13.8 Å². The molecule has 0 spiro atoms. The van der Waals surface area contributed by atoms with Gasteiger partial charge in [0.25, 0.3) is 0 Å². The van der Waals surface area contributed by atoms with Gasteiger partial charge in [-0.1, -0.05) is 15.9 Å². The van der Waals surface area contributed by atoms with Gasteiger partial charge in [-0.3, -0.25) is 0 Å². The normalized spacial score (nSPS) is 17.5. The highest BCUT2D eigenvalue weighted by molar-refractivity contribution is 9.11. The number of aliphatic hydroxyl groups is 1. The number of rotatable bonds is 1. The van der Waals surface area contributed by atoms with E-state index in [-0.39, 0.29) is 11.8 Å². The zero-order valence-electron chi connectivity index (χ0n) is 4.98. The first kappa shape index (κ1) is 7.98. The van der Waals surface area contributed by atoms with Crippen LogP contribution >= 0.6 is 15.9 Å². The molecule has 0 aromatic carbocycles. The molecule has 0 saturated heterocycles. The van der Waals surface area contributed by atoms with Gasteiger partial charge in [-0.25, -0.2) is 0 Å². The molecule has 0 amide bonds. The van der Waals surface area contributed by atoms with Gasteiger partial charge in [0.05, 0.1) is 0 Å². The van der Waals surface area contributed by atoms with E-state index in [9.17, 15) is 0 Å². The maximum atomic E-state index is 8.74. The van der Waals surface area contributed by atoms with Crippen molar-refractivity contribution in [3.05, 3.63) is 10.2 Å². The summed E-state index contributed by atoms with van der Waals surface area (Å²) in [4.78, 5) is 0. The van der Waals surface area contributed by atoms with Crippen LogP contribution in [0.3, 0.4) is 0 Å². The van der Waals surface area contributed by atoms with Gasteiger partial charge < -0.3 is 10.8 Å². The molecule has 0 aliphatic heterocycles. The lowest BCUT2D eigenvalue weighted by atomic mass is 10.3. The molecule has 1 atom stereocenters. The van der Waals surface area contributed by atoms with Gasteiger partial charge in [-0.05, 0) is 13.8 Å². The molecule has 8 heavy (non-hydrogen) atoms. The second-order valence-corrected chi connectivity index (χ2v) is 2.58. The molecule has 3 N–H and O–H groups in total. The summed E-state index contributed by atoms with van der Waals surface area (Å²) in [5.41, 5.74) is 5.37. The number of hydrogen-bond acceptors (Lipinski definition) is 2. The fourth-order valence-corrected chi connectivity index (χ4v) is 0.329. The molecule has 48 valence electrons. The quantitative estimate of drug-likeness (QED) is 0.601. The van der Waals surface area contributed by atoms with Crippen molar-refractivity contribution in [3.8, 4) is 0 Å². The van der Waals surface area contributed by atoms with Crippen LogP contribution in [0.15, 0.2) is 10.2 Å². The molecule has 3 heteroatoms. The molecule has 1 unspecified atom stereocenters. The fraction of sp³-hybridized carbons (Fsp3) is 0.600. The highest BCUT2D eigenvalue weighted by atomic mass is 79.9. The van der Waals surface area contributed by atoms with Gasteiger partial charge in [0.2, 0.25) is 0 Å². The minimum atomic E-state index is -0.111. The lowest BCUT2D eigenvalue weighted by molar-refractivity contribution is 0.408. The second-order valence-electron chi connectivity index (χ2n) is 1.72. The summed E-state index contributed by atoms with van der Waals surface area (Å²) in [6.45, 7) is 3.39. The van der Waals surface area contributed by atoms with E-state index in [2.05, 4.69) is 15.9 Å². The summed E-state index contributed by atoms with van der Waals surface area (Å²) in [5, 5.41) is 8.74. The second kappa shape index (κ2) is 3.10. The van der Waals surface area contributed by atoms with Gasteiger partial charge in [-0.2, -0.15) is 0 Å². The predicted octanol–water partition coefficient (Wildman–Crippen LogP) is 1.52. The third-order valence-corrected chi connectivity index (χ3v) is 2.04. The van der Waals surface area contributed by atoms with Crippen molar-refractivity contribution < 1.29 is 5.11 Å². The van der Waals surface area contributed by atoms with Crippen molar-refractivity contribution in [2.24, 2.45) is 5.73 Å². The Morgan fingerprint density at radius 3 is 2.12 bits per heavy atom. The Kier molecular flexibility index (Phi) is 3.09. The van der Waals surface area contributed by atoms with Gasteiger partial charge in [0.1, 0.15) is 5.76 Å². The third kappa shape index (κ3) is 2.33. The smallest absolute Gasteiger partial charge is 0.101 e. The minimum absolute atomic E-state index is 0.111. The van der Waals surface area contributed by atoms with Crippen LogP contribution in [-0.2, 0) is 0 Å². The van der Waals surface area contributed by atoms with Crippen LogP contribution < -0.4 is 5.73 Å². The average molecular weight is 180 g/mol. The zero-order valence-corrected chi connectivity index (χ0v) is 6.57. The predicted molar refractivity (Wildman–Crippen MR) is 37.9 cm³/mol. The Bertz CT molecular complexity index is 105. The zero-order chi connectivity index (χ0) is 6.73. The van der Waals surface area contributed by atoms with E-state index in [1.165, 1.54) is 0 Å². The Labute approximate surface area is 57.5 Å². The summed E-state index contributed by atoms with van der Waals surface area (Å²) < 4.78 is 0.664. The van der Waals surface area contributed by atoms with Gasteiger partial charge in [0.15, 0.2) is 0 Å². The summed E-state index contributed by atoms with van der Waals surface area (Å²) >= 11 is 3.11. The molecule has 0 aromatic heterocycles. The highest BCUT2D eigenvalue weighted by Crippen LogP contribution is 2.11. The van der Waals surface area contributed by atoms with Crippen LogP contribution in [0.1, 0.15) is 13.8 Å². The van der Waals surface area contributed by atoms with Crippen LogP contribution in [0.4, 0.5) is 0 Å². The summed E-state index contributed by atoms with van der Waals surface area (Å²) in [7, 11) is 0. The Balaban J connectivity index is 4.00. The minimum Gasteiger partial charge on any atom is -0.512 e. The molecule has 2 nitrogen and oxygen atoms in total. The van der Waals surface area contributed by atoms with E-state index in [1.807, 2.05) is 0 Å². The highest BCUT2D eigenvalue weighted by Gasteiger charge is 2.00. The Morgan fingerprint density at radius 1 is 1.75 bits per heavy atom. The molecule has 0 aliphatic carbocycles. The van der Waals surface area contributed by atoms with Crippen molar-refractivity contribution in [1.29, 1.82) is 0 Å². The SMILES string of the molecule is C/C(O)=C(\Br)C(C)N. The van der Waals surface area contributed by atoms with E-state index in [0.29, 0.717) is 4.48 Å². The van der Waals surface area contributed by atoms with Crippen LogP contribution in [-0.4, -0.2) is 11.1 Å². The first-order chi connectivity index (χ1) is 3.55. The number of nitrogens with two attached hydrogens (primary N) is 1. The van der Waals surface area contributed by atoms with Crippen LogP contribution in [0.25, 0.3) is 0 Å². The van der Waals surface area contributed by atoms with Crippen molar-refractivity contribution in [2.75, 3.05) is 0 Å². The van der Waals surface area contributed by atoms with E-state index in [0.717, 1.165) is 0 Å². The largest absolute Gasteiger partial charge is 0.512 e. The summed E-state index contributed by atoms with van der Waals surface area (Å²) in [5.74, 6) is 0.250. The summed E-state index contributed by atoms with van der Waals surface area (Å²) in [6.07, 6.45) is 0. The van der Waals surface area contributed by atoms with Crippen molar-refractivity contribution in [3.63, 3.8) is 0 Å². The molecule has 0 aliphatic rings. The van der Waals surface area contributed by atoms with E-state index in [4.69, 9.17) is 10.8 Å². The van der Waals surface area contributed by atoms with Gasteiger partial charge in [0, 0.05) is 10.5 Å². The van der Waals surface area contributed by atoms with Crippen molar-refractivity contribution in [2.45, 2.75) is 19.9 Å². The molecule has 0 aromatic rings. The standard InChI is InChI=1S/C5H10BrNO/c1-3(7)5(6)4(2)8/h3,8H,7H2,1-2H3/b5-4+. The number of aliphatic hydroxyl groups excluding tert-OH is 1. The third-order valence-electron chi connectivity index (χ3n) is 0.745. The number of halogens is 1. The molecule has 0 heterocycles. The van der Waals surface area contributed by atoms with E-state index < -0.39 is 0 Å². The molecule has 0 radical (unpaired) electrons. The maximum absolute atomic E-state index is 8.74. The first-order valence-corrected chi connectivity index (χ1v) is 3.15. The molecule has 0 rings (SSSR count). The average Bonchev–Trinajstić information content (AvgIpc) is 1.64. The van der Waals surface area contributed by atoms with Crippen molar-refractivity contribution in [1.82, 2.24) is 0 Å². The van der Waals surface area contributed by atoms with Gasteiger partial charge >= 0.3 is 0 Å². The molecule has 0 bridgehead atoms. The lowest BCUT2D eigenvalue weighted by Gasteiger charge is -2.02. The fourth-order valence-electron chi connectivity index (χ4n) is 0.329. The Hall–Kier alpha value is -0.0200. The maximum Gasteiger partial charge on any atom is 0.101 e. The van der Waals surface area contributed by atoms with Crippen LogP contribution in [0, 0.1) is 0 Å². The van der Waals surface area contributed by atoms with Gasteiger partial charge in [-0.15, -0.1) is 0 Å². The number of allylic oxidation sites excluding steroid dienone is 1. The number of hydrogen-bond donors (Lipinski definition) is 2. The molecular formula is C5H10BrNO. The summed E-state index contributed by atoms with van der Waals surface area (Å²) in [6, 6.07) is -0.111. The van der Waals surface area contributed by atoms with Crippen LogP contribution in [0.5, 0.6) is 0 Å². The lowest BCUT2D eigenvalue weighted by Crippen LogP contribution is -2.15. The van der Waals surface area contributed by atoms with E-state index >= 15 is 0 Å². The monoisotopic (exact) mass is 179 g/mol. The Morgan fingerprint density at radius 2 is 2.12 bits per heavy atom. The topological polar surface area (TPSA) is 46.2 Å².